The standard InChI is InChI=1S/C20H18BrF2N7O/c1-11-2-3-12(18(27-24)29-28-14-8-20(22,23)9-14)6-16(11)26-19(31)15-10-25-30-5-4-13(21)7-17(15)30/h2-7,10,14H,8-9,24H2,1H3,(H,26,31)/b27-18-,29-28?. The molecule has 0 spiro atoms. The Morgan fingerprint density at radius 3 is 2.81 bits per heavy atom. The van der Waals surface area contributed by atoms with Gasteiger partial charge in [-0.1, -0.05) is 28.1 Å². The normalized spacial score (nSPS) is 16.6. The number of rotatable bonds is 4. The van der Waals surface area contributed by atoms with Crippen molar-refractivity contribution < 1.29 is 13.6 Å². The molecular formula is C20H18BrF2N7O. The highest BCUT2D eigenvalue weighted by Gasteiger charge is 2.45. The van der Waals surface area contributed by atoms with Gasteiger partial charge in [-0.15, -0.1) is 5.11 Å². The number of anilines is 1. The SMILES string of the molecule is Cc1ccc(/C(N=NC2CC(F)(F)C2)=N/N)cc1NC(=O)c1cnn2ccc(Br)cc12. The number of aryl methyl sites for hydroxylation is 1. The van der Waals surface area contributed by atoms with Crippen LogP contribution in [0.5, 0.6) is 0 Å². The van der Waals surface area contributed by atoms with Gasteiger partial charge in [0.05, 0.1) is 23.3 Å². The molecule has 3 N–H and O–H groups in total. The highest BCUT2D eigenvalue weighted by Crippen LogP contribution is 2.39. The quantitative estimate of drug-likeness (QED) is 0.184. The van der Waals surface area contributed by atoms with E-state index in [0.29, 0.717) is 22.3 Å². The van der Waals surface area contributed by atoms with Crippen molar-refractivity contribution in [2.75, 3.05) is 5.32 Å². The molecule has 8 nitrogen and oxygen atoms in total. The molecule has 0 aliphatic heterocycles. The van der Waals surface area contributed by atoms with Crippen LogP contribution in [0.2, 0.25) is 0 Å². The van der Waals surface area contributed by atoms with Gasteiger partial charge in [0, 0.05) is 34.8 Å². The Labute approximate surface area is 184 Å². The maximum Gasteiger partial charge on any atom is 0.259 e. The topological polar surface area (TPSA) is 109 Å². The zero-order chi connectivity index (χ0) is 22.2. The van der Waals surface area contributed by atoms with E-state index in [1.165, 1.54) is 6.20 Å². The summed E-state index contributed by atoms with van der Waals surface area (Å²) in [5.74, 6) is 2.50. The number of hydrogen-bond acceptors (Lipinski definition) is 5. The first kappa shape index (κ1) is 21.0. The van der Waals surface area contributed by atoms with Gasteiger partial charge in [-0.25, -0.2) is 13.3 Å². The molecule has 2 heterocycles. The number of carbonyl (C=O) groups is 1. The lowest BCUT2D eigenvalue weighted by Gasteiger charge is -2.30. The summed E-state index contributed by atoms with van der Waals surface area (Å²) in [7, 11) is 0. The van der Waals surface area contributed by atoms with Gasteiger partial charge in [0.15, 0.2) is 5.84 Å². The average molecular weight is 490 g/mol. The summed E-state index contributed by atoms with van der Waals surface area (Å²) < 4.78 is 28.4. The Hall–Kier alpha value is -3.21. The molecule has 1 amide bonds. The van der Waals surface area contributed by atoms with E-state index in [1.54, 1.807) is 35.0 Å². The van der Waals surface area contributed by atoms with Crippen molar-refractivity contribution in [3.63, 3.8) is 0 Å². The number of nitrogens with one attached hydrogen (secondary N) is 1. The summed E-state index contributed by atoms with van der Waals surface area (Å²) in [4.78, 5) is 12.9. The summed E-state index contributed by atoms with van der Waals surface area (Å²) >= 11 is 3.39. The predicted molar refractivity (Wildman–Crippen MR) is 116 cm³/mol. The molecule has 0 atom stereocenters. The predicted octanol–water partition coefficient (Wildman–Crippen LogP) is 4.53. The summed E-state index contributed by atoms with van der Waals surface area (Å²) in [6.45, 7) is 1.84. The van der Waals surface area contributed by atoms with Gasteiger partial charge in [0.2, 0.25) is 0 Å². The number of pyridine rings is 1. The average Bonchev–Trinajstić information content (AvgIpc) is 3.12. The number of alkyl halides is 2. The Kier molecular flexibility index (Phi) is 5.52. The van der Waals surface area contributed by atoms with E-state index in [0.717, 1.165) is 10.0 Å². The molecule has 0 bridgehead atoms. The van der Waals surface area contributed by atoms with Crippen molar-refractivity contribution in [3.8, 4) is 0 Å². The van der Waals surface area contributed by atoms with Gasteiger partial charge in [-0.05, 0) is 30.7 Å². The van der Waals surface area contributed by atoms with Gasteiger partial charge in [-0.2, -0.15) is 15.3 Å². The van der Waals surface area contributed by atoms with Crippen LogP contribution in [0, 0.1) is 6.92 Å². The van der Waals surface area contributed by atoms with E-state index in [9.17, 15) is 13.6 Å². The number of nitrogens with zero attached hydrogens (tertiary/aromatic N) is 5. The maximum absolute atomic E-state index is 13.0. The number of carbonyl (C=O) groups excluding carboxylic acids is 1. The molecule has 1 aliphatic rings. The molecule has 31 heavy (non-hydrogen) atoms. The van der Waals surface area contributed by atoms with E-state index in [4.69, 9.17) is 5.84 Å². The molecule has 0 unspecified atom stereocenters. The van der Waals surface area contributed by atoms with Crippen molar-refractivity contribution in [3.05, 3.63) is 63.9 Å². The highest BCUT2D eigenvalue weighted by atomic mass is 79.9. The minimum atomic E-state index is -2.68. The van der Waals surface area contributed by atoms with Crippen LogP contribution in [0.25, 0.3) is 5.52 Å². The summed E-state index contributed by atoms with van der Waals surface area (Å²) in [5, 5.41) is 18.5. The number of azo groups is 1. The zero-order valence-corrected chi connectivity index (χ0v) is 18.0. The first-order valence-electron chi connectivity index (χ1n) is 9.37. The Morgan fingerprint density at radius 1 is 1.32 bits per heavy atom. The molecule has 1 fully saturated rings. The number of amidine groups is 1. The summed E-state index contributed by atoms with van der Waals surface area (Å²) in [6.07, 6.45) is 2.57. The van der Waals surface area contributed by atoms with Crippen molar-refractivity contribution in [1.29, 1.82) is 0 Å². The first-order valence-corrected chi connectivity index (χ1v) is 10.2. The van der Waals surface area contributed by atoms with Gasteiger partial charge >= 0.3 is 0 Å². The number of nitrogens with two attached hydrogens (primary N) is 1. The number of hydrogen-bond donors (Lipinski definition) is 2. The van der Waals surface area contributed by atoms with Crippen LogP contribution >= 0.6 is 15.9 Å². The fraction of sp³-hybridized carbons (Fsp3) is 0.250. The van der Waals surface area contributed by atoms with Crippen LogP contribution in [-0.4, -0.2) is 33.3 Å². The van der Waals surface area contributed by atoms with Gasteiger partial charge in [0.25, 0.3) is 11.8 Å². The summed E-state index contributed by atoms with van der Waals surface area (Å²) in [6, 6.07) is 8.23. The zero-order valence-electron chi connectivity index (χ0n) is 16.4. The van der Waals surface area contributed by atoms with Crippen molar-refractivity contribution in [2.24, 2.45) is 21.2 Å². The largest absolute Gasteiger partial charge is 0.322 e. The van der Waals surface area contributed by atoms with Crippen LogP contribution in [0.15, 0.2) is 62.5 Å². The third kappa shape index (κ3) is 4.46. The highest BCUT2D eigenvalue weighted by molar-refractivity contribution is 9.10. The van der Waals surface area contributed by atoms with Crippen molar-refractivity contribution >= 4 is 38.9 Å². The molecule has 1 saturated carbocycles. The lowest BCUT2D eigenvalue weighted by molar-refractivity contribution is -0.0847. The molecular weight excluding hydrogens is 472 g/mol. The minimum Gasteiger partial charge on any atom is -0.322 e. The number of aromatic nitrogens is 2. The molecule has 0 saturated heterocycles. The minimum absolute atomic E-state index is 0.0885. The molecule has 2 aromatic heterocycles. The van der Waals surface area contributed by atoms with Crippen LogP contribution < -0.4 is 11.2 Å². The van der Waals surface area contributed by atoms with Gasteiger partial charge in [0.1, 0.15) is 0 Å². The van der Waals surface area contributed by atoms with Crippen molar-refractivity contribution in [2.45, 2.75) is 31.7 Å². The number of amides is 1. The molecule has 1 aliphatic carbocycles. The van der Waals surface area contributed by atoms with Crippen molar-refractivity contribution in [1.82, 2.24) is 9.61 Å². The Bertz CT molecular complexity index is 1210. The fourth-order valence-electron chi connectivity index (χ4n) is 3.22. The molecule has 160 valence electrons. The maximum atomic E-state index is 13.0. The fourth-order valence-corrected chi connectivity index (χ4v) is 3.56. The van der Waals surface area contributed by atoms with E-state index in [-0.39, 0.29) is 24.6 Å². The second-order valence-corrected chi connectivity index (χ2v) is 8.22. The number of benzene rings is 1. The third-order valence-corrected chi connectivity index (χ3v) is 5.47. The summed E-state index contributed by atoms with van der Waals surface area (Å²) in [5.41, 5.74) is 2.89. The molecule has 1 aromatic carbocycles. The smallest absolute Gasteiger partial charge is 0.259 e. The second kappa shape index (κ2) is 8.14. The number of halogens is 3. The van der Waals surface area contributed by atoms with Gasteiger partial charge < -0.3 is 11.2 Å². The third-order valence-electron chi connectivity index (χ3n) is 4.98. The van der Waals surface area contributed by atoms with Gasteiger partial charge in [-0.3, -0.25) is 4.79 Å². The van der Waals surface area contributed by atoms with Crippen LogP contribution in [-0.2, 0) is 0 Å². The monoisotopic (exact) mass is 489 g/mol. The van der Waals surface area contributed by atoms with Crippen LogP contribution in [0.3, 0.4) is 0 Å². The molecule has 11 heteroatoms. The van der Waals surface area contributed by atoms with Crippen LogP contribution in [0.4, 0.5) is 14.5 Å². The Balaban J connectivity index is 1.55. The lowest BCUT2D eigenvalue weighted by Crippen LogP contribution is -2.38. The van der Waals surface area contributed by atoms with E-state index in [2.05, 4.69) is 41.7 Å². The molecule has 4 rings (SSSR count). The Morgan fingerprint density at radius 2 is 2.10 bits per heavy atom. The van der Waals surface area contributed by atoms with E-state index >= 15 is 0 Å². The number of hydrazone groups is 1. The molecule has 3 aromatic rings. The second-order valence-electron chi connectivity index (χ2n) is 7.30. The lowest BCUT2D eigenvalue weighted by atomic mass is 9.89. The van der Waals surface area contributed by atoms with Crippen LogP contribution in [0.1, 0.15) is 34.3 Å². The van der Waals surface area contributed by atoms with E-state index < -0.39 is 12.0 Å². The number of fused-ring (bicyclic) bond motifs is 1. The van der Waals surface area contributed by atoms with E-state index in [1.807, 2.05) is 13.0 Å². The molecule has 0 radical (unpaired) electrons. The first-order chi connectivity index (χ1) is 14.8.